The van der Waals surface area contributed by atoms with Crippen molar-refractivity contribution in [2.75, 3.05) is 0 Å². The highest BCUT2D eigenvalue weighted by Crippen LogP contribution is 2.37. The number of hydrogen-bond acceptors (Lipinski definition) is 2. The van der Waals surface area contributed by atoms with Crippen LogP contribution in [0.3, 0.4) is 0 Å². The zero-order chi connectivity index (χ0) is 11.0. The Labute approximate surface area is 110 Å². The first-order valence-electron chi connectivity index (χ1n) is 4.58. The molecule has 2 nitrogen and oxygen atoms in total. The van der Waals surface area contributed by atoms with Crippen molar-refractivity contribution in [3.8, 4) is 10.6 Å². The lowest BCUT2D eigenvalue weighted by atomic mass is 10.3. The molecule has 0 atom stereocenters. The largest absolute Gasteiger partial charge is 0.270 e. The highest BCUT2D eigenvalue weighted by molar-refractivity contribution is 9.13. The fourth-order valence-electron chi connectivity index (χ4n) is 1.23. The summed E-state index contributed by atoms with van der Waals surface area (Å²) >= 11 is 8.65. The molecule has 0 bridgehead atoms. The van der Waals surface area contributed by atoms with E-state index in [4.69, 9.17) is 0 Å². The molecule has 0 aliphatic heterocycles. The Morgan fingerprint density at radius 2 is 2.13 bits per heavy atom. The summed E-state index contributed by atoms with van der Waals surface area (Å²) in [6.45, 7) is 4.24. The van der Waals surface area contributed by atoms with Crippen molar-refractivity contribution >= 4 is 43.2 Å². The number of aromatic nitrogens is 2. The van der Waals surface area contributed by atoms with Gasteiger partial charge in [-0.1, -0.05) is 0 Å². The van der Waals surface area contributed by atoms with E-state index in [0.717, 1.165) is 14.0 Å². The molecule has 0 N–H and O–H groups in total. The molecule has 0 saturated carbocycles. The molecule has 2 rings (SSSR count). The molecule has 0 unspecified atom stereocenters. The first-order chi connectivity index (χ1) is 7.08. The van der Waals surface area contributed by atoms with Gasteiger partial charge in [0.15, 0.2) is 0 Å². The minimum Gasteiger partial charge on any atom is -0.270 e. The molecule has 2 heterocycles. The maximum Gasteiger partial charge on any atom is 0.102 e. The van der Waals surface area contributed by atoms with Gasteiger partial charge in [-0.2, -0.15) is 5.10 Å². The maximum absolute atomic E-state index is 4.52. The second kappa shape index (κ2) is 4.39. The topological polar surface area (TPSA) is 17.8 Å². The van der Waals surface area contributed by atoms with Crippen molar-refractivity contribution in [2.45, 2.75) is 19.9 Å². The fraction of sp³-hybridized carbons (Fsp3) is 0.300. The van der Waals surface area contributed by atoms with E-state index in [2.05, 4.69) is 56.9 Å². The minimum absolute atomic E-state index is 0.408. The summed E-state index contributed by atoms with van der Waals surface area (Å²) in [5, 5.41) is 4.52. The molecule has 0 fully saturated rings. The van der Waals surface area contributed by atoms with Crippen molar-refractivity contribution < 1.29 is 0 Å². The lowest BCUT2D eigenvalue weighted by Crippen LogP contribution is -2.00. The standard InChI is InChI=1S/C10H10Br2N2S/c1-6(2)14-4-3-8(13-14)9-5-7(11)10(12)15-9/h3-6H,1-2H3. The van der Waals surface area contributed by atoms with Crippen LogP contribution in [0.1, 0.15) is 19.9 Å². The van der Waals surface area contributed by atoms with E-state index in [0.29, 0.717) is 6.04 Å². The SMILES string of the molecule is CC(C)n1ccc(-c2cc(Br)c(Br)s2)n1. The van der Waals surface area contributed by atoms with Crippen LogP contribution in [0, 0.1) is 0 Å². The Morgan fingerprint density at radius 1 is 1.40 bits per heavy atom. The Kier molecular flexibility index (Phi) is 3.33. The third kappa shape index (κ3) is 2.34. The number of rotatable bonds is 2. The second-order valence-electron chi connectivity index (χ2n) is 3.51. The molecule has 0 aliphatic rings. The summed E-state index contributed by atoms with van der Waals surface area (Å²) in [6, 6.07) is 4.54. The first-order valence-corrected chi connectivity index (χ1v) is 6.98. The molecule has 0 aromatic carbocycles. The van der Waals surface area contributed by atoms with Gasteiger partial charge < -0.3 is 0 Å². The molecule has 2 aromatic rings. The Hall–Kier alpha value is -0.130. The summed E-state index contributed by atoms with van der Waals surface area (Å²) < 4.78 is 4.16. The smallest absolute Gasteiger partial charge is 0.102 e. The summed E-state index contributed by atoms with van der Waals surface area (Å²) in [5.74, 6) is 0. The molecular formula is C10H10Br2N2S. The molecular weight excluding hydrogens is 340 g/mol. The molecule has 0 aliphatic carbocycles. The van der Waals surface area contributed by atoms with Crippen LogP contribution < -0.4 is 0 Å². The van der Waals surface area contributed by atoms with Crippen molar-refractivity contribution in [3.63, 3.8) is 0 Å². The van der Waals surface area contributed by atoms with E-state index in [1.807, 2.05) is 16.9 Å². The molecule has 5 heteroatoms. The van der Waals surface area contributed by atoms with Gasteiger partial charge in [-0.05, 0) is 57.8 Å². The molecule has 2 aromatic heterocycles. The van der Waals surface area contributed by atoms with Crippen LogP contribution in [0.15, 0.2) is 26.6 Å². The van der Waals surface area contributed by atoms with Gasteiger partial charge >= 0.3 is 0 Å². The van der Waals surface area contributed by atoms with Crippen molar-refractivity contribution in [1.82, 2.24) is 9.78 Å². The van der Waals surface area contributed by atoms with E-state index in [-0.39, 0.29) is 0 Å². The number of thiophene rings is 1. The molecule has 15 heavy (non-hydrogen) atoms. The Morgan fingerprint density at radius 3 is 2.60 bits per heavy atom. The van der Waals surface area contributed by atoms with Crippen LogP contribution >= 0.6 is 43.2 Å². The summed E-state index contributed by atoms with van der Waals surface area (Å²) in [6.07, 6.45) is 2.02. The monoisotopic (exact) mass is 348 g/mol. The number of nitrogens with zero attached hydrogens (tertiary/aromatic N) is 2. The normalized spacial score (nSPS) is 11.3. The molecule has 0 amide bonds. The van der Waals surface area contributed by atoms with Crippen LogP contribution in [0.4, 0.5) is 0 Å². The van der Waals surface area contributed by atoms with Crippen molar-refractivity contribution in [2.24, 2.45) is 0 Å². The maximum atomic E-state index is 4.52. The van der Waals surface area contributed by atoms with E-state index in [1.165, 1.54) is 4.88 Å². The van der Waals surface area contributed by atoms with Gasteiger partial charge in [-0.3, -0.25) is 4.68 Å². The number of hydrogen-bond donors (Lipinski definition) is 0. The average Bonchev–Trinajstić information content (AvgIpc) is 2.74. The molecule has 0 spiro atoms. The van der Waals surface area contributed by atoms with E-state index in [1.54, 1.807) is 11.3 Å². The third-order valence-corrected chi connectivity index (χ3v) is 5.31. The molecule has 80 valence electrons. The summed E-state index contributed by atoms with van der Waals surface area (Å²) in [5.41, 5.74) is 1.03. The van der Waals surface area contributed by atoms with Crippen LogP contribution in [-0.4, -0.2) is 9.78 Å². The quantitative estimate of drug-likeness (QED) is 0.767. The number of halogens is 2. The van der Waals surface area contributed by atoms with Crippen molar-refractivity contribution in [3.05, 3.63) is 26.6 Å². The third-order valence-electron chi connectivity index (χ3n) is 2.04. The first kappa shape index (κ1) is 11.4. The van der Waals surface area contributed by atoms with Crippen LogP contribution in [-0.2, 0) is 0 Å². The van der Waals surface area contributed by atoms with Crippen LogP contribution in [0.25, 0.3) is 10.6 Å². The van der Waals surface area contributed by atoms with Crippen LogP contribution in [0.5, 0.6) is 0 Å². The molecule has 0 saturated heterocycles. The fourth-order valence-corrected chi connectivity index (χ4v) is 3.23. The van der Waals surface area contributed by atoms with Gasteiger partial charge in [0.05, 0.1) is 8.66 Å². The van der Waals surface area contributed by atoms with Gasteiger partial charge in [-0.25, -0.2) is 0 Å². The highest BCUT2D eigenvalue weighted by atomic mass is 79.9. The Balaban J connectivity index is 2.37. The Bertz CT molecular complexity index is 454. The zero-order valence-electron chi connectivity index (χ0n) is 8.37. The zero-order valence-corrected chi connectivity index (χ0v) is 12.4. The van der Waals surface area contributed by atoms with E-state index < -0.39 is 0 Å². The van der Waals surface area contributed by atoms with E-state index in [9.17, 15) is 0 Å². The lowest BCUT2D eigenvalue weighted by molar-refractivity contribution is 0.534. The van der Waals surface area contributed by atoms with Gasteiger partial charge in [0, 0.05) is 16.7 Å². The van der Waals surface area contributed by atoms with Gasteiger partial charge in [-0.15, -0.1) is 11.3 Å². The minimum atomic E-state index is 0.408. The van der Waals surface area contributed by atoms with E-state index >= 15 is 0 Å². The van der Waals surface area contributed by atoms with Gasteiger partial charge in [0.2, 0.25) is 0 Å². The highest BCUT2D eigenvalue weighted by Gasteiger charge is 2.09. The summed E-state index contributed by atoms with van der Waals surface area (Å²) in [4.78, 5) is 1.17. The van der Waals surface area contributed by atoms with Crippen molar-refractivity contribution in [1.29, 1.82) is 0 Å². The van der Waals surface area contributed by atoms with Gasteiger partial charge in [0.1, 0.15) is 5.69 Å². The average molecular weight is 350 g/mol. The predicted octanol–water partition coefficient (Wildman–Crippen LogP) is 4.72. The summed E-state index contributed by atoms with van der Waals surface area (Å²) in [7, 11) is 0. The van der Waals surface area contributed by atoms with Crippen LogP contribution in [0.2, 0.25) is 0 Å². The second-order valence-corrected chi connectivity index (χ2v) is 6.73. The predicted molar refractivity (Wildman–Crippen MR) is 71.3 cm³/mol. The van der Waals surface area contributed by atoms with Gasteiger partial charge in [0.25, 0.3) is 0 Å². The lowest BCUT2D eigenvalue weighted by Gasteiger charge is -2.02. The molecule has 0 radical (unpaired) electrons.